The van der Waals surface area contributed by atoms with Gasteiger partial charge in [0.05, 0.1) is 24.6 Å². The molecular formula is C24H19ClN6O3S. The van der Waals surface area contributed by atoms with Gasteiger partial charge in [-0.3, -0.25) is 14.3 Å². The molecule has 2 aromatic heterocycles. The highest BCUT2D eigenvalue weighted by atomic mass is 35.5. The molecule has 0 bridgehead atoms. The molecule has 2 aromatic carbocycles. The van der Waals surface area contributed by atoms with Crippen LogP contribution in [0.3, 0.4) is 0 Å². The zero-order chi connectivity index (χ0) is 24.6. The Morgan fingerprint density at radius 1 is 1.06 bits per heavy atom. The predicted molar refractivity (Wildman–Crippen MR) is 134 cm³/mol. The van der Waals surface area contributed by atoms with E-state index in [2.05, 4.69) is 30.4 Å². The lowest BCUT2D eigenvalue weighted by atomic mass is 10.1. The average molecular weight is 507 g/mol. The molecule has 0 spiro atoms. The third-order valence-electron chi connectivity index (χ3n) is 4.72. The highest BCUT2D eigenvalue weighted by Gasteiger charge is 2.17. The predicted octanol–water partition coefficient (Wildman–Crippen LogP) is 4.01. The Kier molecular flexibility index (Phi) is 7.86. The molecule has 11 heteroatoms. The molecule has 1 amide bonds. The van der Waals surface area contributed by atoms with Crippen molar-refractivity contribution in [2.24, 2.45) is 5.10 Å². The van der Waals surface area contributed by atoms with E-state index in [-0.39, 0.29) is 11.7 Å². The first-order valence-electron chi connectivity index (χ1n) is 10.3. The molecule has 35 heavy (non-hydrogen) atoms. The zero-order valence-electron chi connectivity index (χ0n) is 18.5. The number of ether oxygens (including phenoxy) is 1. The number of pyridine rings is 1. The number of thioether (sulfide) groups is 1. The quantitative estimate of drug-likeness (QED) is 0.166. The number of carbonyl (C=O) groups is 2. The minimum Gasteiger partial charge on any atom is -0.465 e. The van der Waals surface area contributed by atoms with Crippen LogP contribution in [0.2, 0.25) is 5.02 Å². The SMILES string of the molecule is COC(=O)c1ccc(/C=N\NC(=O)CSc2nnc(-c3ccncc3)n2-c2ccc(Cl)cc2)cc1. The third kappa shape index (κ3) is 6.11. The fourth-order valence-corrected chi connectivity index (χ4v) is 3.91. The molecule has 0 atom stereocenters. The monoisotopic (exact) mass is 506 g/mol. The summed E-state index contributed by atoms with van der Waals surface area (Å²) in [6.07, 6.45) is 4.84. The van der Waals surface area contributed by atoms with E-state index in [0.717, 1.165) is 16.8 Å². The Morgan fingerprint density at radius 2 is 1.77 bits per heavy atom. The van der Waals surface area contributed by atoms with Crippen molar-refractivity contribution < 1.29 is 14.3 Å². The molecule has 2 heterocycles. The second kappa shape index (κ2) is 11.4. The van der Waals surface area contributed by atoms with Crippen LogP contribution in [0.25, 0.3) is 17.1 Å². The molecule has 0 aliphatic carbocycles. The number of amides is 1. The number of hydrogen-bond acceptors (Lipinski definition) is 8. The van der Waals surface area contributed by atoms with Crippen LogP contribution in [-0.2, 0) is 9.53 Å². The maximum atomic E-state index is 12.4. The number of nitrogens with zero attached hydrogens (tertiary/aromatic N) is 5. The Labute approximate surface area is 210 Å². The van der Waals surface area contributed by atoms with Gasteiger partial charge >= 0.3 is 5.97 Å². The minimum absolute atomic E-state index is 0.0701. The van der Waals surface area contributed by atoms with Crippen molar-refractivity contribution in [1.82, 2.24) is 25.2 Å². The molecule has 4 rings (SSSR count). The summed E-state index contributed by atoms with van der Waals surface area (Å²) in [6, 6.07) is 17.6. The number of halogens is 1. The smallest absolute Gasteiger partial charge is 0.337 e. The van der Waals surface area contributed by atoms with Gasteiger partial charge in [-0.05, 0) is 54.1 Å². The fourth-order valence-electron chi connectivity index (χ4n) is 3.04. The molecule has 1 N–H and O–H groups in total. The maximum absolute atomic E-state index is 12.4. The summed E-state index contributed by atoms with van der Waals surface area (Å²) in [4.78, 5) is 27.9. The number of aromatic nitrogens is 4. The van der Waals surface area contributed by atoms with Gasteiger partial charge in [-0.1, -0.05) is 35.5 Å². The second-order valence-electron chi connectivity index (χ2n) is 7.05. The van der Waals surface area contributed by atoms with Gasteiger partial charge in [-0.2, -0.15) is 5.10 Å². The summed E-state index contributed by atoms with van der Waals surface area (Å²) in [7, 11) is 1.32. The van der Waals surface area contributed by atoms with Crippen molar-refractivity contribution in [2.75, 3.05) is 12.9 Å². The maximum Gasteiger partial charge on any atom is 0.337 e. The summed E-state index contributed by atoms with van der Waals surface area (Å²) < 4.78 is 6.53. The lowest BCUT2D eigenvalue weighted by Crippen LogP contribution is -2.20. The van der Waals surface area contributed by atoms with Crippen molar-refractivity contribution in [3.8, 4) is 17.1 Å². The molecule has 0 radical (unpaired) electrons. The van der Waals surface area contributed by atoms with Crippen LogP contribution in [0, 0.1) is 0 Å². The molecule has 0 saturated heterocycles. The number of rotatable bonds is 8. The number of benzene rings is 2. The van der Waals surface area contributed by atoms with Gasteiger partial charge in [0.15, 0.2) is 11.0 Å². The molecule has 176 valence electrons. The summed E-state index contributed by atoms with van der Waals surface area (Å²) in [5, 5.41) is 13.7. The molecular weight excluding hydrogens is 488 g/mol. The Morgan fingerprint density at radius 3 is 2.46 bits per heavy atom. The van der Waals surface area contributed by atoms with Crippen LogP contribution >= 0.6 is 23.4 Å². The van der Waals surface area contributed by atoms with E-state index in [9.17, 15) is 9.59 Å². The number of hydrazone groups is 1. The summed E-state index contributed by atoms with van der Waals surface area (Å²) in [5.74, 6) is -0.0438. The number of nitrogens with one attached hydrogen (secondary N) is 1. The van der Waals surface area contributed by atoms with Crippen LogP contribution in [-0.4, -0.2) is 50.7 Å². The number of esters is 1. The summed E-state index contributed by atoms with van der Waals surface area (Å²) >= 11 is 7.28. The molecule has 0 unspecified atom stereocenters. The van der Waals surface area contributed by atoms with Crippen LogP contribution in [0.5, 0.6) is 0 Å². The second-order valence-corrected chi connectivity index (χ2v) is 8.43. The molecule has 0 aliphatic rings. The van der Waals surface area contributed by atoms with E-state index < -0.39 is 5.97 Å². The van der Waals surface area contributed by atoms with Crippen molar-refractivity contribution in [3.05, 3.63) is 89.2 Å². The van der Waals surface area contributed by atoms with Crippen molar-refractivity contribution >= 4 is 41.5 Å². The number of methoxy groups -OCH3 is 1. The zero-order valence-corrected chi connectivity index (χ0v) is 20.0. The third-order valence-corrected chi connectivity index (χ3v) is 5.90. The number of carbonyl (C=O) groups excluding carboxylic acids is 2. The van der Waals surface area contributed by atoms with E-state index in [1.54, 1.807) is 48.8 Å². The lowest BCUT2D eigenvalue weighted by Gasteiger charge is -2.10. The molecule has 0 saturated carbocycles. The summed E-state index contributed by atoms with van der Waals surface area (Å²) in [5.41, 5.74) is 5.28. The minimum atomic E-state index is -0.419. The van der Waals surface area contributed by atoms with Crippen LogP contribution in [0.15, 0.2) is 83.3 Å². The van der Waals surface area contributed by atoms with E-state index >= 15 is 0 Å². The van der Waals surface area contributed by atoms with Crippen LogP contribution in [0.1, 0.15) is 15.9 Å². The highest BCUT2D eigenvalue weighted by molar-refractivity contribution is 7.99. The molecule has 0 fully saturated rings. The lowest BCUT2D eigenvalue weighted by molar-refractivity contribution is -0.118. The van der Waals surface area contributed by atoms with E-state index in [4.69, 9.17) is 11.6 Å². The van der Waals surface area contributed by atoms with Gasteiger partial charge in [0.1, 0.15) is 0 Å². The van der Waals surface area contributed by atoms with E-state index in [1.807, 2.05) is 28.8 Å². The van der Waals surface area contributed by atoms with Gasteiger partial charge in [-0.15, -0.1) is 10.2 Å². The first-order chi connectivity index (χ1) is 17.0. The molecule has 0 aliphatic heterocycles. The van der Waals surface area contributed by atoms with Gasteiger partial charge in [0.25, 0.3) is 5.91 Å². The number of hydrogen-bond donors (Lipinski definition) is 1. The average Bonchev–Trinajstić information content (AvgIpc) is 3.32. The van der Waals surface area contributed by atoms with E-state index in [0.29, 0.717) is 21.6 Å². The van der Waals surface area contributed by atoms with Gasteiger partial charge < -0.3 is 4.74 Å². The van der Waals surface area contributed by atoms with Crippen molar-refractivity contribution in [3.63, 3.8) is 0 Å². The van der Waals surface area contributed by atoms with Crippen molar-refractivity contribution in [2.45, 2.75) is 5.16 Å². The van der Waals surface area contributed by atoms with Gasteiger partial charge in [-0.25, -0.2) is 10.2 Å². The molecule has 4 aromatic rings. The standard InChI is InChI=1S/C24H19ClN6O3S/c1-34-23(33)18-4-2-16(3-5-18)14-27-28-21(32)15-35-24-30-29-22(17-10-12-26-13-11-17)31(24)20-8-6-19(25)7-9-20/h2-14H,15H2,1H3,(H,28,32)/b27-14-. The normalized spacial score (nSPS) is 10.9. The van der Waals surface area contributed by atoms with Gasteiger partial charge in [0.2, 0.25) is 0 Å². The summed E-state index contributed by atoms with van der Waals surface area (Å²) in [6.45, 7) is 0. The Bertz CT molecular complexity index is 1340. The van der Waals surface area contributed by atoms with Gasteiger partial charge in [0, 0.05) is 28.7 Å². The first-order valence-corrected chi connectivity index (χ1v) is 11.7. The molecule has 9 nitrogen and oxygen atoms in total. The fraction of sp³-hybridized carbons (Fsp3) is 0.0833. The largest absolute Gasteiger partial charge is 0.465 e. The van der Waals surface area contributed by atoms with E-state index in [1.165, 1.54) is 25.1 Å². The first kappa shape index (κ1) is 24.1. The Hall–Kier alpha value is -4.02. The Balaban J connectivity index is 1.44. The van der Waals surface area contributed by atoms with Crippen LogP contribution < -0.4 is 5.43 Å². The highest BCUT2D eigenvalue weighted by Crippen LogP contribution is 2.28. The van der Waals surface area contributed by atoms with Crippen molar-refractivity contribution in [1.29, 1.82) is 0 Å². The van der Waals surface area contributed by atoms with Crippen LogP contribution in [0.4, 0.5) is 0 Å². The topological polar surface area (TPSA) is 111 Å².